The summed E-state index contributed by atoms with van der Waals surface area (Å²) in [7, 11) is 0. The van der Waals surface area contributed by atoms with Crippen molar-refractivity contribution in [2.45, 2.75) is 38.1 Å². The second-order valence-electron chi connectivity index (χ2n) is 4.37. The average molecular weight is 281 g/mol. The lowest BCUT2D eigenvalue weighted by molar-refractivity contribution is -0.135. The zero-order valence-electron chi connectivity index (χ0n) is 11.6. The third-order valence-electron chi connectivity index (χ3n) is 2.63. The van der Waals surface area contributed by atoms with E-state index in [1.54, 1.807) is 24.4 Å². The number of carboxylic acids is 1. The normalized spacial score (nSPS) is 14.1. The number of pyridine rings is 1. The second kappa shape index (κ2) is 12.3. The van der Waals surface area contributed by atoms with Crippen LogP contribution in [0.15, 0.2) is 24.4 Å². The molecule has 1 aliphatic carbocycles. The van der Waals surface area contributed by atoms with Gasteiger partial charge in [0.25, 0.3) is 0 Å². The molecule has 0 saturated heterocycles. The first kappa shape index (κ1) is 18.2. The molecule has 1 aliphatic rings. The lowest BCUT2D eigenvalue weighted by Crippen LogP contribution is -2.22. The van der Waals surface area contributed by atoms with Gasteiger partial charge in [0.2, 0.25) is 0 Å². The topological polar surface area (TPSA) is 119 Å². The van der Waals surface area contributed by atoms with Gasteiger partial charge in [0, 0.05) is 12.2 Å². The summed E-state index contributed by atoms with van der Waals surface area (Å²) in [5.41, 5.74) is 10.7. The Kier molecular flexibility index (Phi) is 11.2. The molecule has 0 bridgehead atoms. The predicted octanol–water partition coefficient (Wildman–Crippen LogP) is 1.20. The SMILES string of the molecule is NC1CCCCC1.NCC(=O)O.O=Cc1ccccn1. The Balaban J connectivity index is 0.000000280. The Morgan fingerprint density at radius 3 is 2.20 bits per heavy atom. The molecule has 5 N–H and O–H groups in total. The van der Waals surface area contributed by atoms with E-state index in [0.29, 0.717) is 11.7 Å². The van der Waals surface area contributed by atoms with Crippen LogP contribution in [0.25, 0.3) is 0 Å². The molecule has 6 heteroatoms. The molecule has 112 valence electrons. The molecule has 20 heavy (non-hydrogen) atoms. The number of carbonyl (C=O) groups is 2. The predicted molar refractivity (Wildman–Crippen MR) is 77.4 cm³/mol. The van der Waals surface area contributed by atoms with Gasteiger partial charge < -0.3 is 16.6 Å². The van der Waals surface area contributed by atoms with Crippen LogP contribution in [0.2, 0.25) is 0 Å². The van der Waals surface area contributed by atoms with E-state index < -0.39 is 5.97 Å². The number of carboxylic acid groups (broad SMARTS) is 1. The molecule has 0 amide bonds. The molecule has 0 spiro atoms. The summed E-state index contributed by atoms with van der Waals surface area (Å²) in [6.45, 7) is -0.278. The molecule has 6 nitrogen and oxygen atoms in total. The van der Waals surface area contributed by atoms with Gasteiger partial charge in [0.15, 0.2) is 6.29 Å². The first-order valence-corrected chi connectivity index (χ1v) is 6.63. The van der Waals surface area contributed by atoms with Crippen molar-refractivity contribution in [2.75, 3.05) is 6.54 Å². The minimum Gasteiger partial charge on any atom is -0.480 e. The molecule has 1 aromatic rings. The minimum atomic E-state index is -0.968. The molecule has 0 radical (unpaired) electrons. The van der Waals surface area contributed by atoms with Crippen LogP contribution in [0, 0.1) is 0 Å². The lowest BCUT2D eigenvalue weighted by atomic mass is 9.97. The number of nitrogens with two attached hydrogens (primary N) is 2. The number of carbonyl (C=O) groups excluding carboxylic acids is 1. The van der Waals surface area contributed by atoms with Crippen molar-refractivity contribution in [3.8, 4) is 0 Å². The van der Waals surface area contributed by atoms with Crippen LogP contribution in [0.4, 0.5) is 0 Å². The fourth-order valence-electron chi connectivity index (χ4n) is 1.58. The van der Waals surface area contributed by atoms with Gasteiger partial charge in [-0.05, 0) is 25.0 Å². The molecule has 1 fully saturated rings. The average Bonchev–Trinajstić information content (AvgIpc) is 2.50. The van der Waals surface area contributed by atoms with E-state index in [0.717, 1.165) is 6.29 Å². The van der Waals surface area contributed by atoms with Crippen LogP contribution < -0.4 is 11.5 Å². The van der Waals surface area contributed by atoms with E-state index in [2.05, 4.69) is 10.7 Å². The summed E-state index contributed by atoms with van der Waals surface area (Å²) in [5.74, 6) is -0.968. The number of rotatable bonds is 2. The molecule has 0 aliphatic heterocycles. The van der Waals surface area contributed by atoms with E-state index in [1.807, 2.05) is 0 Å². The second-order valence-corrected chi connectivity index (χ2v) is 4.37. The van der Waals surface area contributed by atoms with Crippen molar-refractivity contribution in [2.24, 2.45) is 11.5 Å². The van der Waals surface area contributed by atoms with E-state index in [1.165, 1.54) is 32.1 Å². The molecule has 1 heterocycles. The molecule has 1 aromatic heterocycles. The van der Waals surface area contributed by atoms with Crippen LogP contribution in [-0.2, 0) is 4.79 Å². The van der Waals surface area contributed by atoms with Crippen molar-refractivity contribution in [3.63, 3.8) is 0 Å². The van der Waals surface area contributed by atoms with Crippen LogP contribution in [-0.4, -0.2) is 34.9 Å². The highest BCUT2D eigenvalue weighted by Crippen LogP contribution is 2.14. The Hall–Kier alpha value is -1.79. The summed E-state index contributed by atoms with van der Waals surface area (Å²) < 4.78 is 0. The number of hydrogen-bond donors (Lipinski definition) is 3. The molecular weight excluding hydrogens is 258 g/mol. The number of aromatic nitrogens is 1. The summed E-state index contributed by atoms with van der Waals surface area (Å²) in [6.07, 6.45) is 8.97. The molecule has 0 aromatic carbocycles. The van der Waals surface area contributed by atoms with Crippen molar-refractivity contribution in [3.05, 3.63) is 30.1 Å². The molecular formula is C14H23N3O3. The van der Waals surface area contributed by atoms with Crippen molar-refractivity contribution < 1.29 is 14.7 Å². The van der Waals surface area contributed by atoms with Gasteiger partial charge in [-0.25, -0.2) is 0 Å². The minimum absolute atomic E-state index is 0.278. The van der Waals surface area contributed by atoms with E-state index in [4.69, 9.17) is 10.8 Å². The van der Waals surface area contributed by atoms with Crippen LogP contribution in [0.1, 0.15) is 42.6 Å². The van der Waals surface area contributed by atoms with Gasteiger partial charge in [-0.15, -0.1) is 0 Å². The number of nitrogens with zero attached hydrogens (tertiary/aromatic N) is 1. The zero-order chi connectivity index (χ0) is 15.2. The quantitative estimate of drug-likeness (QED) is 0.701. The van der Waals surface area contributed by atoms with E-state index in [9.17, 15) is 9.59 Å². The number of hydrogen-bond acceptors (Lipinski definition) is 5. The monoisotopic (exact) mass is 281 g/mol. The standard InChI is InChI=1S/C6H5NO.C6H13N.C2H5NO2/c8-5-6-3-1-2-4-7-6;7-6-4-2-1-3-5-6;3-1-2(4)5/h1-5H;6H,1-5,7H2;1,3H2,(H,4,5). The molecule has 2 rings (SSSR count). The Morgan fingerprint density at radius 1 is 1.35 bits per heavy atom. The highest BCUT2D eigenvalue weighted by Gasteiger charge is 2.06. The molecule has 1 saturated carbocycles. The fraction of sp³-hybridized carbons (Fsp3) is 0.500. The first-order valence-electron chi connectivity index (χ1n) is 6.63. The van der Waals surface area contributed by atoms with Gasteiger partial charge in [-0.3, -0.25) is 14.6 Å². The Morgan fingerprint density at radius 2 is 1.95 bits per heavy atom. The van der Waals surface area contributed by atoms with Crippen molar-refractivity contribution in [1.82, 2.24) is 4.98 Å². The van der Waals surface area contributed by atoms with Gasteiger partial charge in [0.1, 0.15) is 5.69 Å². The van der Waals surface area contributed by atoms with Gasteiger partial charge in [-0.2, -0.15) is 0 Å². The maximum atomic E-state index is 9.94. The summed E-state index contributed by atoms with van der Waals surface area (Å²) in [6, 6.07) is 5.74. The third kappa shape index (κ3) is 11.3. The van der Waals surface area contributed by atoms with Gasteiger partial charge in [-0.1, -0.05) is 25.3 Å². The summed E-state index contributed by atoms with van der Waals surface area (Å²) >= 11 is 0. The molecule has 0 unspecified atom stereocenters. The fourth-order valence-corrected chi connectivity index (χ4v) is 1.58. The largest absolute Gasteiger partial charge is 0.480 e. The van der Waals surface area contributed by atoms with Gasteiger partial charge >= 0.3 is 5.97 Å². The van der Waals surface area contributed by atoms with Crippen LogP contribution in [0.3, 0.4) is 0 Å². The molecule has 0 atom stereocenters. The Bertz CT molecular complexity index is 365. The Labute approximate surface area is 119 Å². The van der Waals surface area contributed by atoms with Crippen LogP contribution in [0.5, 0.6) is 0 Å². The maximum absolute atomic E-state index is 9.94. The highest BCUT2D eigenvalue weighted by molar-refractivity contribution is 5.71. The van der Waals surface area contributed by atoms with E-state index in [-0.39, 0.29) is 6.54 Å². The zero-order valence-corrected chi connectivity index (χ0v) is 11.6. The summed E-state index contributed by atoms with van der Waals surface area (Å²) in [5, 5.41) is 7.60. The smallest absolute Gasteiger partial charge is 0.317 e. The third-order valence-corrected chi connectivity index (χ3v) is 2.63. The van der Waals surface area contributed by atoms with Crippen LogP contribution >= 0.6 is 0 Å². The highest BCUT2D eigenvalue weighted by atomic mass is 16.4. The van der Waals surface area contributed by atoms with Crippen molar-refractivity contribution >= 4 is 12.3 Å². The maximum Gasteiger partial charge on any atom is 0.317 e. The van der Waals surface area contributed by atoms with Crippen molar-refractivity contribution in [1.29, 1.82) is 0 Å². The van der Waals surface area contributed by atoms with E-state index >= 15 is 0 Å². The lowest BCUT2D eigenvalue weighted by Gasteiger charge is -2.15. The number of aldehydes is 1. The first-order chi connectivity index (χ1) is 9.60. The van der Waals surface area contributed by atoms with Gasteiger partial charge in [0.05, 0.1) is 6.54 Å². The summed E-state index contributed by atoms with van der Waals surface area (Å²) in [4.78, 5) is 22.9. The number of aliphatic carboxylic acids is 1.